The Bertz CT molecular complexity index is 1730. The minimum atomic E-state index is 0.0159. The molecule has 0 spiro atoms. The van der Waals surface area contributed by atoms with Gasteiger partial charge in [0.1, 0.15) is 5.78 Å². The van der Waals surface area contributed by atoms with Crippen LogP contribution < -0.4 is 10.2 Å². The van der Waals surface area contributed by atoms with E-state index in [-0.39, 0.29) is 16.6 Å². The molecule has 3 heteroatoms. The summed E-state index contributed by atoms with van der Waals surface area (Å²) in [5.74, 6) is 6.96. The normalized spacial score (nSPS) is 14.5. The van der Waals surface area contributed by atoms with Crippen molar-refractivity contribution in [2.75, 3.05) is 23.3 Å². The predicted molar refractivity (Wildman–Crippen MR) is 197 cm³/mol. The highest BCUT2D eigenvalue weighted by Gasteiger charge is 2.21. The third kappa shape index (κ3) is 8.70. The number of hydrogen-bond donors (Lipinski definition) is 1. The molecule has 0 amide bonds. The molecule has 0 atom stereocenters. The maximum Gasteiger partial charge on any atom is 0.134 e. The maximum atomic E-state index is 12.4. The van der Waals surface area contributed by atoms with E-state index in [9.17, 15) is 4.79 Å². The summed E-state index contributed by atoms with van der Waals surface area (Å²) in [5.41, 5.74) is 12.0. The topological polar surface area (TPSA) is 32.3 Å². The SMILES string of the molecule is C=C(Cc1cc(C#CCCC(=O)CC(C)(C)C)cc(C2=CC=CC2)c1)N1CCCNc2ccc(-c3cccc(C(C)(C)C)c3)cc21. The number of rotatable bonds is 8. The zero-order valence-electron chi connectivity index (χ0n) is 28.7. The number of nitrogens with one attached hydrogen (secondary N) is 1. The average Bonchev–Trinajstić information content (AvgIpc) is 3.45. The molecule has 0 bridgehead atoms. The molecule has 5 rings (SSSR count). The molecule has 3 aromatic carbocycles. The monoisotopic (exact) mass is 610 g/mol. The summed E-state index contributed by atoms with van der Waals surface area (Å²) in [4.78, 5) is 14.8. The van der Waals surface area contributed by atoms with Crippen molar-refractivity contribution in [2.24, 2.45) is 5.41 Å². The molecule has 1 aliphatic heterocycles. The zero-order chi connectivity index (χ0) is 32.9. The van der Waals surface area contributed by atoms with Crippen molar-refractivity contribution < 1.29 is 4.79 Å². The van der Waals surface area contributed by atoms with Gasteiger partial charge in [-0.05, 0) is 81.3 Å². The van der Waals surface area contributed by atoms with E-state index in [0.29, 0.717) is 19.3 Å². The number of benzene rings is 3. The molecule has 2 aliphatic rings. The number of ketones is 1. The van der Waals surface area contributed by atoms with E-state index in [1.807, 2.05) is 0 Å². The minimum absolute atomic E-state index is 0.0159. The second-order valence-corrected chi connectivity index (χ2v) is 15.1. The molecule has 0 radical (unpaired) electrons. The van der Waals surface area contributed by atoms with Crippen LogP contribution in [0.3, 0.4) is 0 Å². The lowest BCUT2D eigenvalue weighted by Gasteiger charge is -2.28. The number of carbonyl (C=O) groups excluding carboxylic acids is 1. The third-order valence-corrected chi connectivity index (χ3v) is 8.64. The summed E-state index contributed by atoms with van der Waals surface area (Å²) in [6.07, 6.45) is 10.9. The molecule has 238 valence electrons. The van der Waals surface area contributed by atoms with Crippen molar-refractivity contribution in [3.05, 3.63) is 113 Å². The van der Waals surface area contributed by atoms with Crippen LogP contribution in [0.2, 0.25) is 0 Å². The molecule has 1 heterocycles. The van der Waals surface area contributed by atoms with Gasteiger partial charge in [0.15, 0.2) is 0 Å². The van der Waals surface area contributed by atoms with Crippen molar-refractivity contribution >= 4 is 22.7 Å². The summed E-state index contributed by atoms with van der Waals surface area (Å²) in [6.45, 7) is 19.6. The smallest absolute Gasteiger partial charge is 0.134 e. The van der Waals surface area contributed by atoms with Crippen molar-refractivity contribution in [3.8, 4) is 23.0 Å². The fourth-order valence-corrected chi connectivity index (χ4v) is 6.25. The van der Waals surface area contributed by atoms with Crippen molar-refractivity contribution in [1.29, 1.82) is 0 Å². The van der Waals surface area contributed by atoms with Crippen LogP contribution in [0.5, 0.6) is 0 Å². The van der Waals surface area contributed by atoms with Gasteiger partial charge in [-0.25, -0.2) is 0 Å². The van der Waals surface area contributed by atoms with Crippen LogP contribution in [0.4, 0.5) is 11.4 Å². The fraction of sp³-hybridized carbons (Fsp3) is 0.372. The van der Waals surface area contributed by atoms with Gasteiger partial charge in [-0.2, -0.15) is 0 Å². The van der Waals surface area contributed by atoms with Crippen LogP contribution in [-0.4, -0.2) is 18.9 Å². The Labute approximate surface area is 277 Å². The highest BCUT2D eigenvalue weighted by atomic mass is 16.1. The first kappa shape index (κ1) is 33.1. The molecule has 0 unspecified atom stereocenters. The van der Waals surface area contributed by atoms with Crippen molar-refractivity contribution in [3.63, 3.8) is 0 Å². The highest BCUT2D eigenvalue weighted by Crippen LogP contribution is 2.37. The van der Waals surface area contributed by atoms with E-state index in [1.54, 1.807) is 0 Å². The summed E-state index contributed by atoms with van der Waals surface area (Å²) < 4.78 is 0. The quantitative estimate of drug-likeness (QED) is 0.258. The van der Waals surface area contributed by atoms with Gasteiger partial charge in [0, 0.05) is 50.0 Å². The maximum absolute atomic E-state index is 12.4. The molecule has 0 fully saturated rings. The highest BCUT2D eigenvalue weighted by molar-refractivity contribution is 5.81. The summed E-state index contributed by atoms with van der Waals surface area (Å²) in [7, 11) is 0. The van der Waals surface area contributed by atoms with Gasteiger partial charge in [0.05, 0.1) is 11.4 Å². The van der Waals surface area contributed by atoms with Crippen molar-refractivity contribution in [1.82, 2.24) is 0 Å². The summed E-state index contributed by atoms with van der Waals surface area (Å²) in [5, 5.41) is 3.65. The van der Waals surface area contributed by atoms with E-state index < -0.39 is 0 Å². The van der Waals surface area contributed by atoms with Crippen LogP contribution in [0.25, 0.3) is 16.7 Å². The molecule has 1 N–H and O–H groups in total. The van der Waals surface area contributed by atoms with E-state index in [1.165, 1.54) is 39.1 Å². The second-order valence-electron chi connectivity index (χ2n) is 15.1. The van der Waals surface area contributed by atoms with Gasteiger partial charge in [-0.15, -0.1) is 0 Å². The molecule has 0 saturated carbocycles. The number of fused-ring (bicyclic) bond motifs is 1. The Morgan fingerprint density at radius 3 is 2.50 bits per heavy atom. The van der Waals surface area contributed by atoms with Crippen LogP contribution >= 0.6 is 0 Å². The lowest BCUT2D eigenvalue weighted by Crippen LogP contribution is -2.24. The summed E-state index contributed by atoms with van der Waals surface area (Å²) >= 11 is 0. The number of Topliss-reactive ketones (excluding diaryl/α,β-unsaturated/α-hetero) is 1. The van der Waals surface area contributed by atoms with E-state index >= 15 is 0 Å². The average molecular weight is 611 g/mol. The van der Waals surface area contributed by atoms with Crippen LogP contribution in [0, 0.1) is 17.3 Å². The zero-order valence-corrected chi connectivity index (χ0v) is 28.7. The van der Waals surface area contributed by atoms with E-state index in [4.69, 9.17) is 0 Å². The molecule has 3 nitrogen and oxygen atoms in total. The molecule has 46 heavy (non-hydrogen) atoms. The first-order chi connectivity index (χ1) is 21.9. The third-order valence-electron chi connectivity index (χ3n) is 8.64. The molecular formula is C43H50N2O. The largest absolute Gasteiger partial charge is 0.383 e. The first-order valence-corrected chi connectivity index (χ1v) is 16.8. The Balaban J connectivity index is 1.40. The van der Waals surface area contributed by atoms with Crippen LogP contribution in [-0.2, 0) is 16.6 Å². The molecule has 1 aliphatic carbocycles. The lowest BCUT2D eigenvalue weighted by atomic mass is 9.85. The van der Waals surface area contributed by atoms with E-state index in [2.05, 4.69) is 149 Å². The Morgan fingerprint density at radius 1 is 0.957 bits per heavy atom. The number of allylic oxidation sites excluding steroid dienone is 5. The number of anilines is 2. The van der Waals surface area contributed by atoms with Gasteiger partial charge < -0.3 is 10.2 Å². The van der Waals surface area contributed by atoms with Gasteiger partial charge in [-0.1, -0.05) is 115 Å². The van der Waals surface area contributed by atoms with Gasteiger partial charge >= 0.3 is 0 Å². The fourth-order valence-electron chi connectivity index (χ4n) is 6.25. The standard InChI is InChI=1S/C43H50N2O/c1-31(45-23-13-22-44-40-21-20-36(29-41(40)45)35-17-12-18-38(28-35)43(5,6)7)24-33-25-32(26-37(27-33)34-15-9-10-16-34)14-8-11-19-39(46)30-42(2,3)4/h9-10,12,15,17-18,20-21,25-29,44H,1,11,13,16,19,22-24,30H2,2-7H3. The molecule has 0 aromatic heterocycles. The van der Waals surface area contributed by atoms with Crippen LogP contribution in [0.1, 0.15) is 95.9 Å². The number of carbonyl (C=O) groups is 1. The Morgan fingerprint density at radius 2 is 1.76 bits per heavy atom. The lowest BCUT2D eigenvalue weighted by molar-refractivity contribution is -0.120. The van der Waals surface area contributed by atoms with Gasteiger partial charge in [0.2, 0.25) is 0 Å². The van der Waals surface area contributed by atoms with Crippen LogP contribution in [0.15, 0.2) is 91.2 Å². The Kier molecular flexibility index (Phi) is 10.1. The minimum Gasteiger partial charge on any atom is -0.383 e. The Hall–Kier alpha value is -4.29. The number of hydrogen-bond acceptors (Lipinski definition) is 3. The second kappa shape index (κ2) is 14.0. The van der Waals surface area contributed by atoms with E-state index in [0.717, 1.165) is 49.3 Å². The number of nitrogens with zero attached hydrogens (tertiary/aromatic N) is 1. The molecule has 3 aromatic rings. The predicted octanol–water partition coefficient (Wildman–Crippen LogP) is 10.5. The van der Waals surface area contributed by atoms with Gasteiger partial charge in [0.25, 0.3) is 0 Å². The summed E-state index contributed by atoms with van der Waals surface area (Å²) in [6, 6.07) is 22.4. The van der Waals surface area contributed by atoms with Gasteiger partial charge in [-0.3, -0.25) is 4.79 Å². The van der Waals surface area contributed by atoms with Crippen molar-refractivity contribution in [2.45, 2.75) is 85.5 Å². The molecular weight excluding hydrogens is 560 g/mol. The molecule has 0 saturated heterocycles. The first-order valence-electron chi connectivity index (χ1n) is 16.8.